The Labute approximate surface area is 93.4 Å². The van der Waals surface area contributed by atoms with Crippen molar-refractivity contribution in [2.24, 2.45) is 16.2 Å². The van der Waals surface area contributed by atoms with Crippen LogP contribution in [-0.2, 0) is 9.59 Å². The predicted molar refractivity (Wildman–Crippen MR) is 62.7 cm³/mol. The average Bonchev–Trinajstić information content (AvgIpc) is 1.75. The van der Waals surface area contributed by atoms with Gasteiger partial charge in [0, 0.05) is 0 Å². The van der Waals surface area contributed by atoms with E-state index in [0.29, 0.717) is 0 Å². The summed E-state index contributed by atoms with van der Waals surface area (Å²) in [6, 6.07) is 0. The van der Waals surface area contributed by atoms with Gasteiger partial charge in [-0.25, -0.2) is 0 Å². The molecule has 0 aliphatic carbocycles. The summed E-state index contributed by atoms with van der Waals surface area (Å²) in [5.41, 5.74) is -1.62. The van der Waals surface area contributed by atoms with Gasteiger partial charge in [-0.15, -0.1) is 0 Å². The molecule has 0 radical (unpaired) electrons. The first kappa shape index (κ1) is 14.3. The first-order chi connectivity index (χ1) is 6.39. The van der Waals surface area contributed by atoms with E-state index in [9.17, 15) is 9.59 Å². The van der Waals surface area contributed by atoms with Gasteiger partial charge in [0.05, 0.1) is 5.41 Å². The second kappa shape index (κ2) is 3.73. The normalized spacial score (nSPS) is 13.9. The van der Waals surface area contributed by atoms with Crippen molar-refractivity contribution in [3.8, 4) is 0 Å². The summed E-state index contributed by atoms with van der Waals surface area (Å²) < 4.78 is 0. The smallest absolute Gasteiger partial charge is 0.144 e. The second-order valence-electron chi connectivity index (χ2n) is 6.36. The predicted octanol–water partition coefficient (Wildman–Crippen LogP) is 3.24. The summed E-state index contributed by atoms with van der Waals surface area (Å²) in [6.07, 6.45) is 0. The molecule has 2 nitrogen and oxygen atoms in total. The molecule has 2 heteroatoms. The zero-order valence-electron chi connectivity index (χ0n) is 11.3. The van der Waals surface area contributed by atoms with Crippen molar-refractivity contribution in [1.82, 2.24) is 0 Å². The first-order valence-electron chi connectivity index (χ1n) is 5.41. The fraction of sp³-hybridized carbons (Fsp3) is 0.846. The molecule has 0 spiro atoms. The van der Waals surface area contributed by atoms with Gasteiger partial charge < -0.3 is 0 Å². The van der Waals surface area contributed by atoms with Crippen LogP contribution in [0.4, 0.5) is 0 Å². The highest BCUT2D eigenvalue weighted by atomic mass is 16.2. The number of ketones is 2. The van der Waals surface area contributed by atoms with Crippen molar-refractivity contribution in [2.75, 3.05) is 0 Å². The molecular formula is C13H24O2. The van der Waals surface area contributed by atoms with E-state index in [4.69, 9.17) is 0 Å². The van der Waals surface area contributed by atoms with Gasteiger partial charge in [-0.1, -0.05) is 41.5 Å². The second-order valence-corrected chi connectivity index (χ2v) is 6.36. The van der Waals surface area contributed by atoms with E-state index in [1.807, 2.05) is 41.5 Å². The standard InChI is InChI=1S/C13H24O2/c1-9(14)13(10(2)15,11(3,4)5)12(6,7)8/h1-8H3. The van der Waals surface area contributed by atoms with Crippen molar-refractivity contribution in [3.05, 3.63) is 0 Å². The first-order valence-corrected chi connectivity index (χ1v) is 5.41. The van der Waals surface area contributed by atoms with Crippen LogP contribution in [0.3, 0.4) is 0 Å². The van der Waals surface area contributed by atoms with E-state index < -0.39 is 5.41 Å². The Morgan fingerprint density at radius 1 is 0.667 bits per heavy atom. The number of Topliss-reactive ketones (excluding diaryl/α,β-unsaturated/α-hetero) is 2. The Hall–Kier alpha value is -0.660. The summed E-state index contributed by atoms with van der Waals surface area (Å²) >= 11 is 0. The van der Waals surface area contributed by atoms with Crippen LogP contribution in [0.2, 0.25) is 0 Å². The van der Waals surface area contributed by atoms with E-state index >= 15 is 0 Å². The monoisotopic (exact) mass is 212 g/mol. The summed E-state index contributed by atoms with van der Waals surface area (Å²) in [5.74, 6) is -0.0648. The molecule has 0 amide bonds. The van der Waals surface area contributed by atoms with Crippen LogP contribution >= 0.6 is 0 Å². The minimum Gasteiger partial charge on any atom is -0.299 e. The van der Waals surface area contributed by atoms with Gasteiger partial charge in [0.1, 0.15) is 11.6 Å². The maximum Gasteiger partial charge on any atom is 0.144 e. The summed E-state index contributed by atoms with van der Waals surface area (Å²) in [6.45, 7) is 14.8. The third kappa shape index (κ3) is 1.99. The maximum atomic E-state index is 12.0. The summed E-state index contributed by atoms with van der Waals surface area (Å²) in [5, 5.41) is 0. The summed E-state index contributed by atoms with van der Waals surface area (Å²) in [7, 11) is 0. The molecule has 0 bridgehead atoms. The molecule has 0 aliphatic heterocycles. The van der Waals surface area contributed by atoms with Gasteiger partial charge in [0.15, 0.2) is 0 Å². The zero-order chi connectivity index (χ0) is 12.7. The highest BCUT2D eigenvalue weighted by molar-refractivity contribution is 6.06. The Morgan fingerprint density at radius 2 is 0.867 bits per heavy atom. The van der Waals surface area contributed by atoms with Crippen molar-refractivity contribution in [1.29, 1.82) is 0 Å². The molecule has 0 aromatic rings. The number of carbonyl (C=O) groups is 2. The fourth-order valence-corrected chi connectivity index (χ4v) is 3.49. The Morgan fingerprint density at radius 3 is 0.867 bits per heavy atom. The van der Waals surface area contributed by atoms with Crippen molar-refractivity contribution < 1.29 is 9.59 Å². The molecule has 0 saturated carbocycles. The van der Waals surface area contributed by atoms with Crippen LogP contribution in [0.1, 0.15) is 55.4 Å². The minimum absolute atomic E-state index is 0.0324. The average molecular weight is 212 g/mol. The molecule has 0 heterocycles. The van der Waals surface area contributed by atoms with E-state index in [1.54, 1.807) is 0 Å². The van der Waals surface area contributed by atoms with Crippen LogP contribution in [0, 0.1) is 16.2 Å². The number of carbonyl (C=O) groups excluding carboxylic acids is 2. The van der Waals surface area contributed by atoms with Crippen LogP contribution in [0.15, 0.2) is 0 Å². The molecule has 0 rings (SSSR count). The highest BCUT2D eigenvalue weighted by Gasteiger charge is 2.57. The molecule has 0 fully saturated rings. The lowest BCUT2D eigenvalue weighted by molar-refractivity contribution is -0.157. The van der Waals surface area contributed by atoms with Crippen LogP contribution in [0.5, 0.6) is 0 Å². The SMILES string of the molecule is CC(=O)C(C(C)=O)(C(C)(C)C)C(C)(C)C. The van der Waals surface area contributed by atoms with Crippen molar-refractivity contribution >= 4 is 11.6 Å². The number of rotatable bonds is 2. The van der Waals surface area contributed by atoms with Gasteiger partial charge >= 0.3 is 0 Å². The molecule has 88 valence electrons. The quantitative estimate of drug-likeness (QED) is 0.658. The van der Waals surface area contributed by atoms with E-state index in [1.165, 1.54) is 13.8 Å². The van der Waals surface area contributed by atoms with Crippen LogP contribution in [0.25, 0.3) is 0 Å². The highest BCUT2D eigenvalue weighted by Crippen LogP contribution is 2.52. The number of hydrogen-bond acceptors (Lipinski definition) is 2. The lowest BCUT2D eigenvalue weighted by Crippen LogP contribution is -2.56. The Kier molecular flexibility index (Phi) is 3.56. The third-order valence-electron chi connectivity index (χ3n) is 3.31. The van der Waals surface area contributed by atoms with Crippen LogP contribution < -0.4 is 0 Å². The van der Waals surface area contributed by atoms with Gasteiger partial charge in [-0.05, 0) is 24.7 Å². The van der Waals surface area contributed by atoms with Crippen LogP contribution in [-0.4, -0.2) is 11.6 Å². The largest absolute Gasteiger partial charge is 0.299 e. The van der Waals surface area contributed by atoms with Gasteiger partial charge in [0.25, 0.3) is 0 Å². The molecule has 15 heavy (non-hydrogen) atoms. The molecule has 0 atom stereocenters. The summed E-state index contributed by atoms with van der Waals surface area (Å²) in [4.78, 5) is 24.0. The molecule has 0 N–H and O–H groups in total. The Bertz CT molecular complexity index is 244. The lowest BCUT2D eigenvalue weighted by Gasteiger charge is -2.50. The molecule has 0 aromatic carbocycles. The third-order valence-corrected chi connectivity index (χ3v) is 3.31. The molecule has 0 aromatic heterocycles. The van der Waals surface area contributed by atoms with Crippen molar-refractivity contribution in [3.63, 3.8) is 0 Å². The lowest BCUT2D eigenvalue weighted by atomic mass is 9.50. The molecule has 0 unspecified atom stereocenters. The van der Waals surface area contributed by atoms with E-state index in [0.717, 1.165) is 0 Å². The van der Waals surface area contributed by atoms with E-state index in [-0.39, 0.29) is 22.4 Å². The zero-order valence-corrected chi connectivity index (χ0v) is 11.3. The minimum atomic E-state index is -0.903. The Balaban J connectivity index is 5.97. The van der Waals surface area contributed by atoms with Crippen molar-refractivity contribution in [2.45, 2.75) is 55.4 Å². The van der Waals surface area contributed by atoms with Gasteiger partial charge in [0.2, 0.25) is 0 Å². The van der Waals surface area contributed by atoms with E-state index in [2.05, 4.69) is 0 Å². The molecule has 0 saturated heterocycles. The molecule has 0 aliphatic rings. The topological polar surface area (TPSA) is 34.1 Å². The van der Waals surface area contributed by atoms with Gasteiger partial charge in [-0.3, -0.25) is 9.59 Å². The number of hydrogen-bond donors (Lipinski definition) is 0. The van der Waals surface area contributed by atoms with Gasteiger partial charge in [-0.2, -0.15) is 0 Å². The molecular weight excluding hydrogens is 188 g/mol. The maximum absolute atomic E-state index is 12.0. The fourth-order valence-electron chi connectivity index (χ4n) is 3.49.